The predicted molar refractivity (Wildman–Crippen MR) is 78.9 cm³/mol. The van der Waals surface area contributed by atoms with Gasteiger partial charge in [-0.15, -0.1) is 11.6 Å². The van der Waals surface area contributed by atoms with Crippen molar-refractivity contribution in [3.05, 3.63) is 36.0 Å². The van der Waals surface area contributed by atoms with Crippen LogP contribution in [0.3, 0.4) is 0 Å². The summed E-state index contributed by atoms with van der Waals surface area (Å²) in [4.78, 5) is 4.60. The molecule has 1 aromatic carbocycles. The van der Waals surface area contributed by atoms with Gasteiger partial charge in [0.1, 0.15) is 17.4 Å². The summed E-state index contributed by atoms with van der Waals surface area (Å²) in [6.45, 7) is 6.31. The maximum atomic E-state index is 6.25. The van der Waals surface area contributed by atoms with Crippen molar-refractivity contribution >= 4 is 22.5 Å². The van der Waals surface area contributed by atoms with E-state index < -0.39 is 0 Å². The van der Waals surface area contributed by atoms with E-state index in [9.17, 15) is 0 Å². The number of hydrogen-bond donors (Lipinski definition) is 0. The summed E-state index contributed by atoms with van der Waals surface area (Å²) in [5, 5.41) is 1.31. The topological polar surface area (TPSA) is 22.1 Å². The lowest BCUT2D eigenvalue weighted by Crippen LogP contribution is -2.53. The standard InChI is InChI=1S/C16H18ClNO/c1-10-7-8-11-5-4-6-12(15(11)18-10)19-14-9-13(17)16(14,2)3/h4-8,13-14H,9H2,1-3H3. The van der Waals surface area contributed by atoms with E-state index in [0.29, 0.717) is 0 Å². The first kappa shape index (κ1) is 12.7. The molecule has 1 aliphatic rings. The van der Waals surface area contributed by atoms with Gasteiger partial charge < -0.3 is 4.74 Å². The molecule has 1 heterocycles. The van der Waals surface area contributed by atoms with E-state index in [1.165, 1.54) is 0 Å². The highest BCUT2D eigenvalue weighted by atomic mass is 35.5. The van der Waals surface area contributed by atoms with E-state index in [-0.39, 0.29) is 16.9 Å². The Balaban J connectivity index is 1.95. The van der Waals surface area contributed by atoms with Crippen LogP contribution in [0.2, 0.25) is 0 Å². The minimum absolute atomic E-state index is 0.0214. The van der Waals surface area contributed by atoms with Crippen LogP contribution >= 0.6 is 11.6 Å². The Morgan fingerprint density at radius 1 is 1.26 bits per heavy atom. The molecule has 2 unspecified atom stereocenters. The van der Waals surface area contributed by atoms with Crippen LogP contribution in [0.4, 0.5) is 0 Å². The van der Waals surface area contributed by atoms with Gasteiger partial charge in [-0.25, -0.2) is 4.98 Å². The molecule has 100 valence electrons. The third-order valence-corrected chi connectivity index (χ3v) is 4.89. The second-order valence-electron chi connectivity index (χ2n) is 5.91. The van der Waals surface area contributed by atoms with E-state index in [0.717, 1.165) is 28.8 Å². The number of pyridine rings is 1. The first-order valence-corrected chi connectivity index (χ1v) is 7.09. The van der Waals surface area contributed by atoms with E-state index in [1.54, 1.807) is 0 Å². The Kier molecular flexibility index (Phi) is 2.94. The number of ether oxygens (including phenoxy) is 1. The predicted octanol–water partition coefficient (Wildman–Crippen LogP) is 4.33. The Labute approximate surface area is 118 Å². The number of aromatic nitrogens is 1. The number of hydrogen-bond acceptors (Lipinski definition) is 2. The van der Waals surface area contributed by atoms with Crippen molar-refractivity contribution in [3.63, 3.8) is 0 Å². The lowest BCUT2D eigenvalue weighted by Gasteiger charge is -2.48. The number of rotatable bonds is 2. The highest BCUT2D eigenvalue weighted by Gasteiger charge is 2.49. The molecule has 0 radical (unpaired) electrons. The Morgan fingerprint density at radius 3 is 2.74 bits per heavy atom. The molecule has 0 aliphatic heterocycles. The van der Waals surface area contributed by atoms with Crippen molar-refractivity contribution in [1.29, 1.82) is 0 Å². The molecule has 0 amide bonds. The molecule has 19 heavy (non-hydrogen) atoms. The summed E-state index contributed by atoms with van der Waals surface area (Å²) in [6, 6.07) is 10.2. The first-order chi connectivity index (χ1) is 8.98. The zero-order chi connectivity index (χ0) is 13.6. The van der Waals surface area contributed by atoms with Gasteiger partial charge in [0.2, 0.25) is 0 Å². The van der Waals surface area contributed by atoms with Crippen LogP contribution in [0.15, 0.2) is 30.3 Å². The molecule has 1 saturated carbocycles. The summed E-state index contributed by atoms with van der Waals surface area (Å²) in [5.74, 6) is 0.864. The molecule has 0 bridgehead atoms. The SMILES string of the molecule is Cc1ccc2cccc(OC3CC(Cl)C3(C)C)c2n1. The molecule has 0 spiro atoms. The fourth-order valence-electron chi connectivity index (χ4n) is 2.50. The van der Waals surface area contributed by atoms with Crippen LogP contribution < -0.4 is 4.74 Å². The van der Waals surface area contributed by atoms with Crippen LogP contribution in [-0.4, -0.2) is 16.5 Å². The van der Waals surface area contributed by atoms with Crippen molar-refractivity contribution in [2.24, 2.45) is 5.41 Å². The molecule has 2 atom stereocenters. The van der Waals surface area contributed by atoms with Crippen LogP contribution in [0.5, 0.6) is 5.75 Å². The van der Waals surface area contributed by atoms with E-state index in [2.05, 4.69) is 31.0 Å². The maximum Gasteiger partial charge on any atom is 0.145 e. The molecular weight excluding hydrogens is 258 g/mol. The number of benzene rings is 1. The molecule has 0 saturated heterocycles. The fraction of sp³-hybridized carbons (Fsp3) is 0.438. The number of alkyl halides is 1. The normalized spacial score (nSPS) is 25.1. The first-order valence-electron chi connectivity index (χ1n) is 6.65. The molecule has 1 aliphatic carbocycles. The van der Waals surface area contributed by atoms with Gasteiger partial charge in [-0.3, -0.25) is 0 Å². The summed E-state index contributed by atoms with van der Waals surface area (Å²) < 4.78 is 6.16. The van der Waals surface area contributed by atoms with Crippen LogP contribution in [0, 0.1) is 12.3 Å². The summed E-state index contributed by atoms with van der Waals surface area (Å²) in [6.07, 6.45) is 1.07. The molecule has 0 N–H and O–H groups in total. The van der Waals surface area contributed by atoms with Crippen LogP contribution in [0.25, 0.3) is 10.9 Å². The molecule has 3 rings (SSSR count). The second kappa shape index (κ2) is 4.38. The number of aryl methyl sites for hydroxylation is 1. The van der Waals surface area contributed by atoms with Crippen molar-refractivity contribution in [2.45, 2.75) is 38.7 Å². The third-order valence-electron chi connectivity index (χ3n) is 4.15. The number of halogens is 1. The molecule has 2 nitrogen and oxygen atoms in total. The van der Waals surface area contributed by atoms with Crippen LogP contribution in [0.1, 0.15) is 26.0 Å². The smallest absolute Gasteiger partial charge is 0.145 e. The van der Waals surface area contributed by atoms with Gasteiger partial charge in [0.15, 0.2) is 0 Å². The molecule has 1 aromatic heterocycles. The highest BCUT2D eigenvalue weighted by molar-refractivity contribution is 6.21. The Morgan fingerprint density at radius 2 is 2.05 bits per heavy atom. The highest BCUT2D eigenvalue weighted by Crippen LogP contribution is 2.46. The lowest BCUT2D eigenvalue weighted by atomic mass is 9.68. The molecular formula is C16H18ClNO. The minimum atomic E-state index is 0.0214. The zero-order valence-electron chi connectivity index (χ0n) is 11.5. The van der Waals surface area contributed by atoms with Gasteiger partial charge in [-0.2, -0.15) is 0 Å². The minimum Gasteiger partial charge on any atom is -0.487 e. The van der Waals surface area contributed by atoms with Gasteiger partial charge in [-0.05, 0) is 19.1 Å². The van der Waals surface area contributed by atoms with Crippen LogP contribution in [-0.2, 0) is 0 Å². The van der Waals surface area contributed by atoms with Crippen molar-refractivity contribution in [1.82, 2.24) is 4.98 Å². The number of para-hydroxylation sites is 1. The zero-order valence-corrected chi connectivity index (χ0v) is 12.2. The van der Waals surface area contributed by atoms with E-state index >= 15 is 0 Å². The van der Waals surface area contributed by atoms with E-state index in [1.807, 2.05) is 25.1 Å². The fourth-order valence-corrected chi connectivity index (χ4v) is 2.80. The lowest BCUT2D eigenvalue weighted by molar-refractivity contribution is -0.0121. The van der Waals surface area contributed by atoms with Gasteiger partial charge in [0, 0.05) is 28.3 Å². The summed E-state index contributed by atoms with van der Waals surface area (Å²) in [7, 11) is 0. The molecule has 3 heteroatoms. The van der Waals surface area contributed by atoms with Gasteiger partial charge in [0.25, 0.3) is 0 Å². The van der Waals surface area contributed by atoms with Crippen molar-refractivity contribution < 1.29 is 4.74 Å². The molecule has 2 aromatic rings. The number of fused-ring (bicyclic) bond motifs is 1. The summed E-state index contributed by atoms with van der Waals surface area (Å²) >= 11 is 6.25. The Hall–Kier alpha value is -1.28. The average Bonchev–Trinajstić information content (AvgIpc) is 2.39. The van der Waals surface area contributed by atoms with Gasteiger partial charge >= 0.3 is 0 Å². The van der Waals surface area contributed by atoms with Gasteiger partial charge in [-0.1, -0.05) is 32.0 Å². The molecule has 1 fully saturated rings. The summed E-state index contributed by atoms with van der Waals surface area (Å²) in [5.41, 5.74) is 1.97. The van der Waals surface area contributed by atoms with Gasteiger partial charge in [0.05, 0.1) is 0 Å². The van der Waals surface area contributed by atoms with Crippen molar-refractivity contribution in [2.75, 3.05) is 0 Å². The monoisotopic (exact) mass is 275 g/mol. The maximum absolute atomic E-state index is 6.25. The largest absolute Gasteiger partial charge is 0.487 e. The Bertz CT molecular complexity index is 623. The quantitative estimate of drug-likeness (QED) is 0.761. The van der Waals surface area contributed by atoms with Crippen molar-refractivity contribution in [3.8, 4) is 5.75 Å². The number of nitrogens with zero attached hydrogens (tertiary/aromatic N) is 1. The average molecular weight is 276 g/mol. The van der Waals surface area contributed by atoms with E-state index in [4.69, 9.17) is 16.3 Å². The third kappa shape index (κ3) is 2.08. The second-order valence-corrected chi connectivity index (χ2v) is 6.44.